The van der Waals surface area contributed by atoms with Gasteiger partial charge in [-0.2, -0.15) is 0 Å². The number of hydrogen-bond acceptors (Lipinski definition) is 4. The molecular weight excluding hydrogens is 254 g/mol. The van der Waals surface area contributed by atoms with E-state index in [0.29, 0.717) is 6.61 Å². The number of ether oxygens (including phenoxy) is 1. The number of amides is 1. The number of carbonyl (C=O) groups excluding carboxylic acids is 1. The van der Waals surface area contributed by atoms with Crippen LogP contribution in [0.3, 0.4) is 0 Å². The number of hydrogen-bond donors (Lipinski definition) is 1. The third-order valence-electron chi connectivity index (χ3n) is 2.06. The molecule has 0 unspecified atom stereocenters. The summed E-state index contributed by atoms with van der Waals surface area (Å²) in [7, 11) is -3.49. The minimum atomic E-state index is -3.49. The largest absolute Gasteiger partial charge is 0.494 e. The van der Waals surface area contributed by atoms with E-state index in [1.165, 1.54) is 0 Å². The standard InChI is InChI=1S/C12H17NO4S/c1-3-8-17-11-6-4-10(5-7-11)9-12(14)13-18(2,15)16/h4-7H,3,8-9H2,1-2H3,(H,13,14). The van der Waals surface area contributed by atoms with E-state index in [1.54, 1.807) is 24.3 Å². The Bertz CT molecular complexity index is 493. The summed E-state index contributed by atoms with van der Waals surface area (Å²) >= 11 is 0. The number of benzene rings is 1. The lowest BCUT2D eigenvalue weighted by Crippen LogP contribution is -2.30. The van der Waals surface area contributed by atoms with Crippen LogP contribution in [0.5, 0.6) is 5.75 Å². The second-order valence-electron chi connectivity index (χ2n) is 3.97. The Morgan fingerprint density at radius 2 is 1.89 bits per heavy atom. The monoisotopic (exact) mass is 271 g/mol. The van der Waals surface area contributed by atoms with E-state index in [1.807, 2.05) is 11.6 Å². The lowest BCUT2D eigenvalue weighted by Gasteiger charge is -2.06. The van der Waals surface area contributed by atoms with Crippen LogP contribution in [0.2, 0.25) is 0 Å². The summed E-state index contributed by atoms with van der Waals surface area (Å²) in [6.45, 7) is 2.66. The highest BCUT2D eigenvalue weighted by Crippen LogP contribution is 2.12. The summed E-state index contributed by atoms with van der Waals surface area (Å²) in [4.78, 5) is 11.4. The van der Waals surface area contributed by atoms with Crippen molar-refractivity contribution in [1.29, 1.82) is 0 Å². The SMILES string of the molecule is CCCOc1ccc(CC(=O)NS(C)(=O)=O)cc1. The summed E-state index contributed by atoms with van der Waals surface area (Å²) < 4.78 is 29.0. The molecule has 0 saturated heterocycles. The van der Waals surface area contributed by atoms with Crippen molar-refractivity contribution < 1.29 is 17.9 Å². The molecule has 6 heteroatoms. The second kappa shape index (κ2) is 6.39. The van der Waals surface area contributed by atoms with Gasteiger partial charge in [0.1, 0.15) is 5.75 Å². The topological polar surface area (TPSA) is 72.5 Å². The van der Waals surface area contributed by atoms with E-state index in [9.17, 15) is 13.2 Å². The molecule has 0 bridgehead atoms. The van der Waals surface area contributed by atoms with Crippen molar-refractivity contribution in [3.63, 3.8) is 0 Å². The summed E-state index contributed by atoms with van der Waals surface area (Å²) in [6, 6.07) is 7.01. The van der Waals surface area contributed by atoms with Crippen molar-refractivity contribution in [3.05, 3.63) is 29.8 Å². The molecular formula is C12H17NO4S. The maximum absolute atomic E-state index is 11.4. The zero-order chi connectivity index (χ0) is 13.6. The van der Waals surface area contributed by atoms with Crippen LogP contribution in [-0.2, 0) is 21.2 Å². The number of nitrogens with one attached hydrogen (secondary N) is 1. The Balaban J connectivity index is 2.55. The molecule has 1 rings (SSSR count). The average molecular weight is 271 g/mol. The van der Waals surface area contributed by atoms with Crippen molar-refractivity contribution in [1.82, 2.24) is 4.72 Å². The van der Waals surface area contributed by atoms with Crippen LogP contribution < -0.4 is 9.46 Å². The van der Waals surface area contributed by atoms with Crippen molar-refractivity contribution in [2.24, 2.45) is 0 Å². The lowest BCUT2D eigenvalue weighted by molar-refractivity contribution is -0.118. The van der Waals surface area contributed by atoms with E-state index in [0.717, 1.165) is 24.0 Å². The van der Waals surface area contributed by atoms with Crippen LogP contribution in [0.15, 0.2) is 24.3 Å². The average Bonchev–Trinajstić information content (AvgIpc) is 2.25. The second-order valence-corrected chi connectivity index (χ2v) is 5.72. The van der Waals surface area contributed by atoms with Crippen LogP contribution in [-0.4, -0.2) is 27.2 Å². The minimum absolute atomic E-state index is 0.0289. The van der Waals surface area contributed by atoms with Gasteiger partial charge in [0.25, 0.3) is 0 Å². The van der Waals surface area contributed by atoms with E-state index in [2.05, 4.69) is 0 Å². The first-order chi connectivity index (χ1) is 8.40. The van der Waals surface area contributed by atoms with Gasteiger partial charge in [-0.1, -0.05) is 19.1 Å². The molecule has 0 aromatic heterocycles. The number of rotatable bonds is 6. The third kappa shape index (κ3) is 5.67. The molecule has 1 N–H and O–H groups in total. The van der Waals surface area contributed by atoms with Crippen LogP contribution >= 0.6 is 0 Å². The Labute approximate surface area is 107 Å². The van der Waals surface area contributed by atoms with Gasteiger partial charge in [0.05, 0.1) is 19.3 Å². The van der Waals surface area contributed by atoms with E-state index in [-0.39, 0.29) is 6.42 Å². The highest BCUT2D eigenvalue weighted by atomic mass is 32.2. The van der Waals surface area contributed by atoms with Crippen molar-refractivity contribution in [3.8, 4) is 5.75 Å². The van der Waals surface area contributed by atoms with Gasteiger partial charge >= 0.3 is 0 Å². The molecule has 0 aliphatic rings. The van der Waals surface area contributed by atoms with E-state index < -0.39 is 15.9 Å². The molecule has 18 heavy (non-hydrogen) atoms. The molecule has 5 nitrogen and oxygen atoms in total. The van der Waals surface area contributed by atoms with Crippen molar-refractivity contribution >= 4 is 15.9 Å². The zero-order valence-corrected chi connectivity index (χ0v) is 11.3. The minimum Gasteiger partial charge on any atom is -0.494 e. The van der Waals surface area contributed by atoms with Gasteiger partial charge in [-0.25, -0.2) is 8.42 Å². The maximum Gasteiger partial charge on any atom is 0.237 e. The summed E-state index contributed by atoms with van der Waals surface area (Å²) in [5.41, 5.74) is 0.736. The Morgan fingerprint density at radius 1 is 1.28 bits per heavy atom. The molecule has 0 atom stereocenters. The fourth-order valence-corrected chi connectivity index (χ4v) is 1.84. The van der Waals surface area contributed by atoms with Crippen molar-refractivity contribution in [2.75, 3.05) is 12.9 Å². The molecule has 0 aliphatic heterocycles. The molecule has 0 spiro atoms. The van der Waals surface area contributed by atoms with Crippen LogP contribution in [0, 0.1) is 0 Å². The molecule has 100 valence electrons. The van der Waals surface area contributed by atoms with E-state index in [4.69, 9.17) is 4.74 Å². The fraction of sp³-hybridized carbons (Fsp3) is 0.417. The summed E-state index contributed by atoms with van der Waals surface area (Å²) in [5.74, 6) is 0.198. The predicted octanol–water partition coefficient (Wildman–Crippen LogP) is 1.09. The van der Waals surface area contributed by atoms with Gasteiger partial charge in [0.15, 0.2) is 0 Å². The third-order valence-corrected chi connectivity index (χ3v) is 2.66. The zero-order valence-electron chi connectivity index (χ0n) is 10.5. The highest BCUT2D eigenvalue weighted by molar-refractivity contribution is 7.89. The molecule has 0 heterocycles. The Morgan fingerprint density at radius 3 is 2.39 bits per heavy atom. The van der Waals surface area contributed by atoms with Crippen molar-refractivity contribution in [2.45, 2.75) is 19.8 Å². The molecule has 0 saturated carbocycles. The maximum atomic E-state index is 11.4. The molecule has 1 aromatic rings. The Hall–Kier alpha value is -1.56. The first-order valence-corrected chi connectivity index (χ1v) is 7.52. The van der Waals surface area contributed by atoms with Gasteiger partial charge in [0, 0.05) is 0 Å². The normalized spacial score (nSPS) is 11.0. The molecule has 0 fully saturated rings. The predicted molar refractivity (Wildman–Crippen MR) is 68.9 cm³/mol. The van der Waals surface area contributed by atoms with Crippen LogP contribution in [0.1, 0.15) is 18.9 Å². The Kier molecular flexibility index (Phi) is 5.15. The molecule has 0 radical (unpaired) electrons. The van der Waals surface area contributed by atoms with Gasteiger partial charge in [-0.15, -0.1) is 0 Å². The van der Waals surface area contributed by atoms with Gasteiger partial charge in [-0.3, -0.25) is 9.52 Å². The molecule has 1 aromatic carbocycles. The van der Waals surface area contributed by atoms with Crippen LogP contribution in [0.25, 0.3) is 0 Å². The smallest absolute Gasteiger partial charge is 0.237 e. The number of carbonyl (C=O) groups is 1. The van der Waals surface area contributed by atoms with Gasteiger partial charge < -0.3 is 4.74 Å². The van der Waals surface area contributed by atoms with Gasteiger partial charge in [0.2, 0.25) is 15.9 Å². The van der Waals surface area contributed by atoms with Crippen LogP contribution in [0.4, 0.5) is 0 Å². The quantitative estimate of drug-likeness (QED) is 0.840. The first-order valence-electron chi connectivity index (χ1n) is 5.63. The highest BCUT2D eigenvalue weighted by Gasteiger charge is 2.09. The van der Waals surface area contributed by atoms with E-state index >= 15 is 0 Å². The molecule has 1 amide bonds. The van der Waals surface area contributed by atoms with Gasteiger partial charge in [-0.05, 0) is 24.1 Å². The fourth-order valence-electron chi connectivity index (χ4n) is 1.35. The lowest BCUT2D eigenvalue weighted by atomic mass is 10.1. The first kappa shape index (κ1) is 14.5. The summed E-state index contributed by atoms with van der Waals surface area (Å²) in [6.07, 6.45) is 1.91. The molecule has 0 aliphatic carbocycles. The summed E-state index contributed by atoms with van der Waals surface area (Å²) in [5, 5.41) is 0. The number of sulfonamides is 1.